The second kappa shape index (κ2) is 15.2. The number of nitrogens with zero attached hydrogens (tertiary/aromatic N) is 1. The fourth-order valence-corrected chi connectivity index (χ4v) is 7.74. The minimum Gasteiger partial charge on any atom is -0.458 e. The molecule has 1 amide bonds. The van der Waals surface area contributed by atoms with Crippen molar-refractivity contribution in [3.05, 3.63) is 0 Å². The van der Waals surface area contributed by atoms with Crippen molar-refractivity contribution in [2.75, 3.05) is 33.8 Å². The molecule has 0 aromatic heterocycles. The quantitative estimate of drug-likeness (QED) is 0.263. The number of fused-ring (bicyclic) bond motifs is 1. The van der Waals surface area contributed by atoms with E-state index in [2.05, 4.69) is 22.5 Å². The molecule has 3 aliphatic heterocycles. The predicted molar refractivity (Wildman–Crippen MR) is 171 cm³/mol. The smallest absolute Gasteiger partial charge is 0.408 e. The number of aliphatic hydroxyl groups excluding tert-OH is 1. The van der Waals surface area contributed by atoms with E-state index >= 15 is 0 Å². The van der Waals surface area contributed by atoms with Crippen LogP contribution in [0.5, 0.6) is 0 Å². The van der Waals surface area contributed by atoms with Gasteiger partial charge < -0.3 is 44.3 Å². The average Bonchev–Trinajstić information content (AvgIpc) is 3.79. The third kappa shape index (κ3) is 8.23. The van der Waals surface area contributed by atoms with Crippen LogP contribution in [0.1, 0.15) is 87.0 Å². The maximum Gasteiger partial charge on any atom is 0.408 e. The Morgan fingerprint density at radius 1 is 1.07 bits per heavy atom. The third-order valence-corrected chi connectivity index (χ3v) is 11.0. The monoisotopic (exact) mass is 653 g/mol. The van der Waals surface area contributed by atoms with Crippen LogP contribution in [0, 0.1) is 23.7 Å². The molecule has 4 aliphatic rings. The number of carbonyl (C=O) groups excluding carboxylic acids is 3. The van der Waals surface area contributed by atoms with Gasteiger partial charge >= 0.3 is 12.1 Å². The van der Waals surface area contributed by atoms with Crippen molar-refractivity contribution in [2.45, 2.75) is 141 Å². The van der Waals surface area contributed by atoms with Gasteiger partial charge in [0.15, 0.2) is 17.7 Å². The van der Waals surface area contributed by atoms with Crippen LogP contribution in [0.15, 0.2) is 0 Å². The number of hydrogen-bond donors (Lipinski definition) is 3. The number of ether oxygens (including phenoxy) is 5. The molecule has 1 aliphatic carbocycles. The number of methoxy groups -OCH3 is 1. The van der Waals surface area contributed by atoms with E-state index in [4.69, 9.17) is 23.7 Å². The molecule has 0 bridgehead atoms. The molecule has 4 fully saturated rings. The van der Waals surface area contributed by atoms with Crippen molar-refractivity contribution < 1.29 is 43.2 Å². The standard InChI is InChI=1S/C34H59N3O9/c1-10-26-34(7)28(36-32(41)46-34)22(5)37(8)18-19(2)15-33(6,42-9)29(20(3)27(39)21(4)30(40)44-26)45-31-25(38)14-13-24(43-31)17-35-16-23-11-12-23/h19-26,28-29,31,35,38H,10-18H2,1-9H3,(H,36,41)/t19-,20+,21?,22-,24+,25-,26-,28-,29-,31+,33-,34-/m1/s1. The van der Waals surface area contributed by atoms with Crippen molar-refractivity contribution in [3.63, 3.8) is 0 Å². The molecular formula is C34H59N3O9. The third-order valence-electron chi connectivity index (χ3n) is 11.0. The van der Waals surface area contributed by atoms with Gasteiger partial charge in [0.2, 0.25) is 0 Å². The first kappa shape index (κ1) is 37.0. The number of alkyl carbamates (subject to hydrolysis) is 1. The number of nitrogens with one attached hydrogen (secondary N) is 2. The van der Waals surface area contributed by atoms with Crippen molar-refractivity contribution in [3.8, 4) is 0 Å². The summed E-state index contributed by atoms with van der Waals surface area (Å²) in [6.07, 6.45) is 0.497. The molecule has 12 heteroatoms. The number of ketones is 1. The zero-order chi connectivity index (χ0) is 34.0. The Balaban J connectivity index is 1.63. The van der Waals surface area contributed by atoms with Crippen LogP contribution in [-0.4, -0.2) is 116 Å². The summed E-state index contributed by atoms with van der Waals surface area (Å²) in [6, 6.07) is -0.640. The number of likely N-dealkylation sites (N-methyl/N-ethyl adjacent to an activating group) is 1. The van der Waals surface area contributed by atoms with Gasteiger partial charge in [-0.2, -0.15) is 0 Å². The number of amides is 1. The van der Waals surface area contributed by atoms with Crippen molar-refractivity contribution in [2.24, 2.45) is 23.7 Å². The Morgan fingerprint density at radius 3 is 2.39 bits per heavy atom. The number of carbonyl (C=O) groups is 3. The Hall–Kier alpha value is -1.83. The molecule has 264 valence electrons. The van der Waals surface area contributed by atoms with E-state index in [0.717, 1.165) is 12.5 Å². The van der Waals surface area contributed by atoms with E-state index in [9.17, 15) is 19.5 Å². The van der Waals surface area contributed by atoms with Crippen LogP contribution in [0.3, 0.4) is 0 Å². The van der Waals surface area contributed by atoms with Crippen molar-refractivity contribution >= 4 is 17.8 Å². The molecule has 0 radical (unpaired) electrons. The number of cyclic esters (lactones) is 1. The molecule has 3 heterocycles. The van der Waals surface area contributed by atoms with Crippen LogP contribution in [0.4, 0.5) is 4.79 Å². The number of aliphatic hydroxyl groups is 1. The lowest BCUT2D eigenvalue weighted by Crippen LogP contribution is -2.60. The predicted octanol–water partition coefficient (Wildman–Crippen LogP) is 3.03. The summed E-state index contributed by atoms with van der Waals surface area (Å²) >= 11 is 0. The Labute approximate surface area is 274 Å². The molecule has 3 N–H and O–H groups in total. The lowest BCUT2D eigenvalue weighted by atomic mass is 9.78. The highest BCUT2D eigenvalue weighted by molar-refractivity contribution is 6.00. The minimum atomic E-state index is -1.14. The van der Waals surface area contributed by atoms with Crippen LogP contribution >= 0.6 is 0 Å². The molecule has 12 nitrogen and oxygen atoms in total. The number of rotatable bonds is 8. The minimum absolute atomic E-state index is 0.0639. The number of esters is 1. The first-order valence-electron chi connectivity index (χ1n) is 17.3. The van der Waals surface area contributed by atoms with Crippen LogP contribution in [0.2, 0.25) is 0 Å². The van der Waals surface area contributed by atoms with Gasteiger partial charge in [0.05, 0.1) is 23.9 Å². The maximum absolute atomic E-state index is 14.1. The first-order chi connectivity index (χ1) is 21.6. The Bertz CT molecular complexity index is 1070. The fraction of sp³-hybridized carbons (Fsp3) is 0.912. The van der Waals surface area contributed by atoms with E-state index in [-0.39, 0.29) is 23.8 Å². The fourth-order valence-electron chi connectivity index (χ4n) is 7.74. The van der Waals surface area contributed by atoms with E-state index in [0.29, 0.717) is 38.8 Å². The van der Waals surface area contributed by atoms with E-state index in [1.165, 1.54) is 12.8 Å². The van der Waals surface area contributed by atoms with Crippen LogP contribution < -0.4 is 10.6 Å². The SMILES string of the molecule is CC[C@H]1OC(=O)C(C)C(=O)[C@H](C)[C@@H](O[C@@H]2O[C@H](CNCC3CC3)CC[C@H]2O)[C@](C)(OC)C[C@@H](C)CN(C)[C@H](C)[C@H]2NC(=O)O[C@@]21C. The van der Waals surface area contributed by atoms with Gasteiger partial charge in [0.25, 0.3) is 0 Å². The lowest BCUT2D eigenvalue weighted by Gasteiger charge is -2.45. The van der Waals surface area contributed by atoms with Crippen LogP contribution in [-0.2, 0) is 33.3 Å². The molecule has 1 unspecified atom stereocenters. The average molecular weight is 654 g/mol. The van der Waals surface area contributed by atoms with Gasteiger partial charge in [-0.05, 0) is 91.6 Å². The molecule has 1 saturated carbocycles. The highest BCUT2D eigenvalue weighted by Crippen LogP contribution is 2.38. The molecule has 12 atom stereocenters. The summed E-state index contributed by atoms with van der Waals surface area (Å²) in [4.78, 5) is 42.4. The van der Waals surface area contributed by atoms with Gasteiger partial charge in [-0.25, -0.2) is 4.79 Å². The molecule has 0 spiro atoms. The summed E-state index contributed by atoms with van der Waals surface area (Å²) < 4.78 is 30.9. The van der Waals surface area contributed by atoms with Gasteiger partial charge in [-0.15, -0.1) is 0 Å². The summed E-state index contributed by atoms with van der Waals surface area (Å²) in [6.45, 7) is 15.2. The molecule has 46 heavy (non-hydrogen) atoms. The zero-order valence-corrected chi connectivity index (χ0v) is 29.4. The van der Waals surface area contributed by atoms with Crippen molar-refractivity contribution in [1.82, 2.24) is 15.5 Å². The highest BCUT2D eigenvalue weighted by Gasteiger charge is 2.56. The normalized spacial score (nSPS) is 43.6. The lowest BCUT2D eigenvalue weighted by molar-refractivity contribution is -0.287. The van der Waals surface area contributed by atoms with Gasteiger partial charge in [-0.1, -0.05) is 20.8 Å². The van der Waals surface area contributed by atoms with Gasteiger partial charge in [0, 0.05) is 32.2 Å². The van der Waals surface area contributed by atoms with Gasteiger partial charge in [-0.3, -0.25) is 9.59 Å². The first-order valence-corrected chi connectivity index (χ1v) is 17.3. The van der Waals surface area contributed by atoms with Gasteiger partial charge in [0.1, 0.15) is 18.1 Å². The Kier molecular flexibility index (Phi) is 12.2. The second-order valence-corrected chi connectivity index (χ2v) is 14.9. The van der Waals surface area contributed by atoms with Crippen LogP contribution in [0.25, 0.3) is 0 Å². The molecule has 0 aromatic rings. The topological polar surface area (TPSA) is 145 Å². The summed E-state index contributed by atoms with van der Waals surface area (Å²) in [5.41, 5.74) is -2.12. The van der Waals surface area contributed by atoms with E-state index in [1.807, 2.05) is 27.8 Å². The molecular weight excluding hydrogens is 594 g/mol. The summed E-state index contributed by atoms with van der Waals surface area (Å²) in [5, 5.41) is 17.4. The molecule has 0 aromatic carbocycles. The number of Topliss-reactive ketones (excluding diaryl/α,β-unsaturated/α-hetero) is 1. The summed E-state index contributed by atoms with van der Waals surface area (Å²) in [5.74, 6) is -2.18. The van der Waals surface area contributed by atoms with E-state index < -0.39 is 65.7 Å². The summed E-state index contributed by atoms with van der Waals surface area (Å²) in [7, 11) is 3.59. The molecule has 4 rings (SSSR count). The number of hydrogen-bond acceptors (Lipinski definition) is 11. The molecule has 3 saturated heterocycles. The largest absolute Gasteiger partial charge is 0.458 e. The second-order valence-electron chi connectivity index (χ2n) is 14.9. The maximum atomic E-state index is 14.1. The highest BCUT2D eigenvalue weighted by atomic mass is 16.7. The Morgan fingerprint density at radius 2 is 1.76 bits per heavy atom. The van der Waals surface area contributed by atoms with Crippen molar-refractivity contribution in [1.29, 1.82) is 0 Å². The van der Waals surface area contributed by atoms with E-state index in [1.54, 1.807) is 27.9 Å². The zero-order valence-electron chi connectivity index (χ0n) is 29.4.